The van der Waals surface area contributed by atoms with Crippen LogP contribution in [0.2, 0.25) is 0 Å². The molecule has 0 atom stereocenters. The van der Waals surface area contributed by atoms with Crippen molar-refractivity contribution in [1.82, 2.24) is 9.21 Å². The van der Waals surface area contributed by atoms with Gasteiger partial charge in [0, 0.05) is 31.7 Å². The molecule has 3 aromatic carbocycles. The maximum absolute atomic E-state index is 14.0. The van der Waals surface area contributed by atoms with Gasteiger partial charge in [0.05, 0.1) is 11.3 Å². The SMILES string of the molecule is O=C(Nc1ccccc1C(=O)N1CCN(S(=O)(=O)c2cc(F)ccc2F)CC1)c1ccccc1. The second-order valence-electron chi connectivity index (χ2n) is 7.64. The standard InChI is InChI=1S/C24H21F2N3O4S/c25-18-10-11-20(26)22(16-18)34(32,33)29-14-12-28(13-15-29)24(31)19-8-4-5-9-21(19)27-23(30)17-6-2-1-3-7-17/h1-11,16H,12-15H2,(H,27,30). The summed E-state index contributed by atoms with van der Waals surface area (Å²) in [4.78, 5) is 26.4. The zero-order valence-corrected chi connectivity index (χ0v) is 18.8. The molecule has 3 aromatic rings. The number of hydrogen-bond donors (Lipinski definition) is 1. The third kappa shape index (κ3) is 4.82. The van der Waals surface area contributed by atoms with Crippen LogP contribution in [-0.2, 0) is 10.0 Å². The number of carbonyl (C=O) groups is 2. The second-order valence-corrected chi connectivity index (χ2v) is 9.54. The van der Waals surface area contributed by atoms with E-state index in [2.05, 4.69) is 5.32 Å². The maximum Gasteiger partial charge on any atom is 0.256 e. The van der Waals surface area contributed by atoms with Crippen molar-refractivity contribution in [2.24, 2.45) is 0 Å². The quantitative estimate of drug-likeness (QED) is 0.601. The van der Waals surface area contributed by atoms with Gasteiger partial charge in [0.1, 0.15) is 16.5 Å². The van der Waals surface area contributed by atoms with Crippen LogP contribution < -0.4 is 5.32 Å². The predicted molar refractivity (Wildman–Crippen MR) is 122 cm³/mol. The Bertz CT molecular complexity index is 1330. The molecule has 176 valence electrons. The lowest BCUT2D eigenvalue weighted by Gasteiger charge is -2.34. The zero-order chi connectivity index (χ0) is 24.3. The summed E-state index contributed by atoms with van der Waals surface area (Å²) in [5.74, 6) is -2.64. The molecule has 0 saturated carbocycles. The minimum atomic E-state index is -4.26. The van der Waals surface area contributed by atoms with Crippen molar-refractivity contribution < 1.29 is 26.8 Å². The van der Waals surface area contributed by atoms with Gasteiger partial charge in [-0.15, -0.1) is 0 Å². The van der Waals surface area contributed by atoms with Gasteiger partial charge in [0.2, 0.25) is 10.0 Å². The Balaban J connectivity index is 1.47. The van der Waals surface area contributed by atoms with E-state index in [0.29, 0.717) is 17.3 Å². The summed E-state index contributed by atoms with van der Waals surface area (Å²) in [6.45, 7) is -0.0585. The molecular formula is C24H21F2N3O4S. The fourth-order valence-electron chi connectivity index (χ4n) is 3.68. The van der Waals surface area contributed by atoms with Gasteiger partial charge in [-0.1, -0.05) is 30.3 Å². The highest BCUT2D eigenvalue weighted by Crippen LogP contribution is 2.24. The topological polar surface area (TPSA) is 86.8 Å². The summed E-state index contributed by atoms with van der Waals surface area (Å²) in [6, 6.07) is 17.4. The Morgan fingerprint density at radius 2 is 1.47 bits per heavy atom. The molecule has 0 bridgehead atoms. The molecule has 1 aliphatic heterocycles. The predicted octanol–water partition coefficient (Wildman–Crippen LogP) is 3.36. The number of nitrogens with zero attached hydrogens (tertiary/aromatic N) is 2. The van der Waals surface area contributed by atoms with E-state index in [9.17, 15) is 26.8 Å². The summed E-state index contributed by atoms with van der Waals surface area (Å²) in [6.07, 6.45) is 0. The fourth-order valence-corrected chi connectivity index (χ4v) is 5.18. The van der Waals surface area contributed by atoms with Crippen molar-refractivity contribution in [3.05, 3.63) is 95.6 Å². The molecular weight excluding hydrogens is 464 g/mol. The monoisotopic (exact) mass is 485 g/mol. The van der Waals surface area contributed by atoms with E-state index in [-0.39, 0.29) is 43.6 Å². The van der Waals surface area contributed by atoms with Crippen LogP contribution in [0.3, 0.4) is 0 Å². The minimum Gasteiger partial charge on any atom is -0.336 e. The van der Waals surface area contributed by atoms with E-state index in [1.807, 2.05) is 0 Å². The zero-order valence-electron chi connectivity index (χ0n) is 17.9. The largest absolute Gasteiger partial charge is 0.336 e. The summed E-state index contributed by atoms with van der Waals surface area (Å²) in [5.41, 5.74) is 1.03. The number of piperazine rings is 1. The van der Waals surface area contributed by atoms with Crippen LogP contribution in [0.5, 0.6) is 0 Å². The highest BCUT2D eigenvalue weighted by Gasteiger charge is 2.33. The molecule has 1 N–H and O–H groups in total. The molecule has 0 unspecified atom stereocenters. The van der Waals surface area contributed by atoms with Gasteiger partial charge in [0.25, 0.3) is 11.8 Å². The normalized spacial score (nSPS) is 14.6. The first-order valence-electron chi connectivity index (χ1n) is 10.5. The van der Waals surface area contributed by atoms with Gasteiger partial charge in [-0.25, -0.2) is 17.2 Å². The van der Waals surface area contributed by atoms with Gasteiger partial charge in [-0.3, -0.25) is 9.59 Å². The highest BCUT2D eigenvalue weighted by atomic mass is 32.2. The van der Waals surface area contributed by atoms with Crippen LogP contribution in [0.4, 0.5) is 14.5 Å². The number of nitrogens with one attached hydrogen (secondary N) is 1. The summed E-state index contributed by atoms with van der Waals surface area (Å²) < 4.78 is 54.1. The lowest BCUT2D eigenvalue weighted by atomic mass is 10.1. The number of rotatable bonds is 5. The highest BCUT2D eigenvalue weighted by molar-refractivity contribution is 7.89. The van der Waals surface area contributed by atoms with E-state index in [1.165, 1.54) is 4.90 Å². The Kier molecular flexibility index (Phi) is 6.71. The molecule has 10 heteroatoms. The van der Waals surface area contributed by atoms with Gasteiger partial charge >= 0.3 is 0 Å². The molecule has 2 amide bonds. The minimum absolute atomic E-state index is 0.0516. The number of hydrogen-bond acceptors (Lipinski definition) is 4. The van der Waals surface area contributed by atoms with Crippen LogP contribution >= 0.6 is 0 Å². The van der Waals surface area contributed by atoms with Crippen molar-refractivity contribution in [2.75, 3.05) is 31.5 Å². The third-order valence-electron chi connectivity index (χ3n) is 5.48. The second kappa shape index (κ2) is 9.70. The molecule has 0 aromatic heterocycles. The van der Waals surface area contributed by atoms with Crippen molar-refractivity contribution in [3.63, 3.8) is 0 Å². The van der Waals surface area contributed by atoms with Gasteiger partial charge in [-0.2, -0.15) is 4.31 Å². The number of carbonyl (C=O) groups excluding carboxylic acids is 2. The van der Waals surface area contributed by atoms with Crippen LogP contribution in [-0.4, -0.2) is 55.6 Å². The third-order valence-corrected chi connectivity index (χ3v) is 7.39. The molecule has 0 spiro atoms. The van der Waals surface area contributed by atoms with Crippen LogP contribution in [0, 0.1) is 11.6 Å². The number of sulfonamides is 1. The van der Waals surface area contributed by atoms with E-state index < -0.39 is 26.6 Å². The van der Waals surface area contributed by atoms with Gasteiger partial charge in [0.15, 0.2) is 0 Å². The summed E-state index contributed by atoms with van der Waals surface area (Å²) in [5, 5.41) is 2.74. The average Bonchev–Trinajstić information content (AvgIpc) is 2.86. The first-order valence-corrected chi connectivity index (χ1v) is 11.9. The molecule has 34 heavy (non-hydrogen) atoms. The van der Waals surface area contributed by atoms with Gasteiger partial charge in [-0.05, 0) is 42.5 Å². The maximum atomic E-state index is 14.0. The fraction of sp³-hybridized carbons (Fsp3) is 0.167. The van der Waals surface area contributed by atoms with Crippen molar-refractivity contribution in [3.8, 4) is 0 Å². The first kappa shape index (κ1) is 23.5. The van der Waals surface area contributed by atoms with Gasteiger partial charge < -0.3 is 10.2 Å². The molecule has 7 nitrogen and oxygen atoms in total. The van der Waals surface area contributed by atoms with Crippen molar-refractivity contribution in [2.45, 2.75) is 4.90 Å². The smallest absolute Gasteiger partial charge is 0.256 e. The lowest BCUT2D eigenvalue weighted by molar-refractivity contribution is 0.0698. The number of para-hydroxylation sites is 1. The van der Waals surface area contributed by atoms with Crippen LogP contribution in [0.15, 0.2) is 77.7 Å². The Hall–Kier alpha value is -3.63. The molecule has 1 saturated heterocycles. The molecule has 0 radical (unpaired) electrons. The average molecular weight is 486 g/mol. The number of anilines is 1. The summed E-state index contributed by atoms with van der Waals surface area (Å²) >= 11 is 0. The molecule has 1 aliphatic rings. The van der Waals surface area contributed by atoms with Crippen LogP contribution in [0.1, 0.15) is 20.7 Å². The molecule has 1 fully saturated rings. The Labute approximate surface area is 195 Å². The Morgan fingerprint density at radius 1 is 0.824 bits per heavy atom. The lowest BCUT2D eigenvalue weighted by Crippen LogP contribution is -2.50. The Morgan fingerprint density at radius 3 is 2.18 bits per heavy atom. The van der Waals surface area contributed by atoms with E-state index in [0.717, 1.165) is 16.4 Å². The van der Waals surface area contributed by atoms with Crippen LogP contribution in [0.25, 0.3) is 0 Å². The van der Waals surface area contributed by atoms with E-state index in [4.69, 9.17) is 0 Å². The van der Waals surface area contributed by atoms with Crippen molar-refractivity contribution in [1.29, 1.82) is 0 Å². The number of benzene rings is 3. The van der Waals surface area contributed by atoms with E-state index >= 15 is 0 Å². The van der Waals surface area contributed by atoms with Crippen molar-refractivity contribution >= 4 is 27.5 Å². The number of halogens is 2. The molecule has 4 rings (SSSR count). The summed E-state index contributed by atoms with van der Waals surface area (Å²) in [7, 11) is -4.26. The molecule has 0 aliphatic carbocycles. The van der Waals surface area contributed by atoms with E-state index in [1.54, 1.807) is 54.6 Å². The molecule has 1 heterocycles. The first-order chi connectivity index (χ1) is 16.3. The number of amides is 2.